The number of aliphatic carboxylic acids is 1. The molecular weight excluding hydrogens is 284 g/mol. The highest BCUT2D eigenvalue weighted by molar-refractivity contribution is 7.99. The van der Waals surface area contributed by atoms with Gasteiger partial charge in [0.05, 0.1) is 7.11 Å². The molecule has 0 aliphatic rings. The number of methoxy groups -OCH3 is 1. The minimum absolute atomic E-state index is 0.702. The van der Waals surface area contributed by atoms with Crippen LogP contribution in [0.5, 0.6) is 5.75 Å². The van der Waals surface area contributed by atoms with Crippen molar-refractivity contribution in [1.82, 2.24) is 0 Å². The number of carboxylic acids is 1. The fraction of sp³-hybridized carbons (Fsp3) is 0.118. The van der Waals surface area contributed by atoms with E-state index in [4.69, 9.17) is 9.84 Å². The lowest BCUT2D eigenvalue weighted by Crippen LogP contribution is -1.89. The standard InChI is InChI=1S/C17H16O3S/c1-12-3-7-15(8-4-12)21-16-9-6-14(20-2)11-13(16)5-10-17(18)19/h3-11H,1-2H3,(H,18,19)/b10-5+. The second-order valence-corrected chi connectivity index (χ2v) is 5.61. The number of hydrogen-bond acceptors (Lipinski definition) is 3. The van der Waals surface area contributed by atoms with E-state index >= 15 is 0 Å². The van der Waals surface area contributed by atoms with Crippen LogP contribution in [0.15, 0.2) is 58.3 Å². The number of hydrogen-bond donors (Lipinski definition) is 1. The summed E-state index contributed by atoms with van der Waals surface area (Å²) in [4.78, 5) is 12.8. The van der Waals surface area contributed by atoms with Crippen molar-refractivity contribution < 1.29 is 14.6 Å². The molecule has 0 radical (unpaired) electrons. The molecule has 0 unspecified atom stereocenters. The van der Waals surface area contributed by atoms with Crippen LogP contribution in [0, 0.1) is 6.92 Å². The van der Waals surface area contributed by atoms with Crippen molar-refractivity contribution in [1.29, 1.82) is 0 Å². The summed E-state index contributed by atoms with van der Waals surface area (Å²) in [5, 5.41) is 8.79. The van der Waals surface area contributed by atoms with E-state index in [1.165, 1.54) is 5.56 Å². The third kappa shape index (κ3) is 4.39. The average Bonchev–Trinajstić information content (AvgIpc) is 2.48. The van der Waals surface area contributed by atoms with Crippen LogP contribution in [-0.2, 0) is 4.79 Å². The van der Waals surface area contributed by atoms with Gasteiger partial charge in [-0.1, -0.05) is 29.5 Å². The highest BCUT2D eigenvalue weighted by Crippen LogP contribution is 2.33. The third-order valence-electron chi connectivity index (χ3n) is 2.87. The van der Waals surface area contributed by atoms with Gasteiger partial charge < -0.3 is 9.84 Å². The topological polar surface area (TPSA) is 46.5 Å². The molecule has 0 heterocycles. The first kappa shape index (κ1) is 15.2. The normalized spacial score (nSPS) is 10.8. The maximum absolute atomic E-state index is 10.7. The van der Waals surface area contributed by atoms with Crippen LogP contribution in [0.1, 0.15) is 11.1 Å². The molecule has 4 heteroatoms. The van der Waals surface area contributed by atoms with Gasteiger partial charge in [-0.2, -0.15) is 0 Å². The van der Waals surface area contributed by atoms with Crippen molar-refractivity contribution in [2.75, 3.05) is 7.11 Å². The molecule has 2 aromatic rings. The summed E-state index contributed by atoms with van der Waals surface area (Å²) in [6.45, 7) is 2.04. The molecular formula is C17H16O3S. The minimum atomic E-state index is -0.968. The first-order chi connectivity index (χ1) is 10.1. The van der Waals surface area contributed by atoms with Crippen molar-refractivity contribution >= 4 is 23.8 Å². The molecule has 0 aliphatic carbocycles. The minimum Gasteiger partial charge on any atom is -0.497 e. The van der Waals surface area contributed by atoms with Gasteiger partial charge in [0.2, 0.25) is 0 Å². The van der Waals surface area contributed by atoms with Gasteiger partial charge in [-0.3, -0.25) is 0 Å². The lowest BCUT2D eigenvalue weighted by molar-refractivity contribution is -0.131. The number of rotatable bonds is 5. The van der Waals surface area contributed by atoms with Crippen LogP contribution >= 0.6 is 11.8 Å². The molecule has 0 aliphatic heterocycles. The van der Waals surface area contributed by atoms with Crippen LogP contribution in [0.4, 0.5) is 0 Å². The first-order valence-electron chi connectivity index (χ1n) is 6.42. The van der Waals surface area contributed by atoms with E-state index in [9.17, 15) is 4.79 Å². The second kappa shape index (κ2) is 6.99. The molecule has 3 nitrogen and oxygen atoms in total. The molecule has 0 aromatic heterocycles. The van der Waals surface area contributed by atoms with E-state index in [1.54, 1.807) is 24.9 Å². The Labute approximate surface area is 128 Å². The number of carboxylic acid groups (broad SMARTS) is 1. The number of carbonyl (C=O) groups is 1. The van der Waals surface area contributed by atoms with Crippen molar-refractivity contribution in [3.8, 4) is 5.75 Å². The van der Waals surface area contributed by atoms with Gasteiger partial charge in [0, 0.05) is 15.9 Å². The Hall–Kier alpha value is -2.20. The summed E-state index contributed by atoms with van der Waals surface area (Å²) >= 11 is 1.59. The number of benzene rings is 2. The van der Waals surface area contributed by atoms with Gasteiger partial charge in [-0.25, -0.2) is 4.79 Å². The molecule has 108 valence electrons. The molecule has 0 saturated carbocycles. The Morgan fingerprint density at radius 2 is 1.90 bits per heavy atom. The summed E-state index contributed by atoms with van der Waals surface area (Å²) in [5.74, 6) is -0.266. The predicted molar refractivity (Wildman–Crippen MR) is 85.0 cm³/mol. The maximum Gasteiger partial charge on any atom is 0.328 e. The highest BCUT2D eigenvalue weighted by atomic mass is 32.2. The average molecular weight is 300 g/mol. The SMILES string of the molecule is COc1ccc(Sc2ccc(C)cc2)c(/C=C/C(=O)O)c1. The van der Waals surface area contributed by atoms with Crippen molar-refractivity contribution in [3.05, 3.63) is 59.7 Å². The molecule has 2 aromatic carbocycles. The van der Waals surface area contributed by atoms with Crippen molar-refractivity contribution in [3.63, 3.8) is 0 Å². The van der Waals surface area contributed by atoms with Gasteiger partial charge in [0.1, 0.15) is 5.75 Å². The van der Waals surface area contributed by atoms with E-state index in [-0.39, 0.29) is 0 Å². The van der Waals surface area contributed by atoms with Gasteiger partial charge in [0.25, 0.3) is 0 Å². The quantitative estimate of drug-likeness (QED) is 0.838. The summed E-state index contributed by atoms with van der Waals surface area (Å²) in [7, 11) is 1.59. The molecule has 21 heavy (non-hydrogen) atoms. The van der Waals surface area contributed by atoms with Crippen molar-refractivity contribution in [2.24, 2.45) is 0 Å². The molecule has 0 atom stereocenters. The molecule has 0 fully saturated rings. The first-order valence-corrected chi connectivity index (χ1v) is 7.23. The van der Waals surface area contributed by atoms with E-state index in [1.807, 2.05) is 25.1 Å². The van der Waals surface area contributed by atoms with Gasteiger partial charge >= 0.3 is 5.97 Å². The van der Waals surface area contributed by atoms with Gasteiger partial charge in [-0.05, 0) is 48.9 Å². The Morgan fingerprint density at radius 3 is 2.52 bits per heavy atom. The Balaban J connectivity index is 2.32. The Morgan fingerprint density at radius 1 is 1.19 bits per heavy atom. The smallest absolute Gasteiger partial charge is 0.328 e. The maximum atomic E-state index is 10.7. The Bertz CT molecular complexity index is 660. The second-order valence-electron chi connectivity index (χ2n) is 4.49. The number of ether oxygens (including phenoxy) is 1. The van der Waals surface area contributed by atoms with E-state index < -0.39 is 5.97 Å². The predicted octanol–water partition coefficient (Wildman–Crippen LogP) is 4.25. The summed E-state index contributed by atoms with van der Waals surface area (Å²) in [6, 6.07) is 13.8. The zero-order chi connectivity index (χ0) is 15.2. The summed E-state index contributed by atoms with van der Waals surface area (Å²) in [5.41, 5.74) is 2.03. The van der Waals surface area contributed by atoms with E-state index in [0.29, 0.717) is 5.75 Å². The van der Waals surface area contributed by atoms with Crippen LogP contribution in [-0.4, -0.2) is 18.2 Å². The van der Waals surface area contributed by atoms with Crippen LogP contribution in [0.25, 0.3) is 6.08 Å². The molecule has 2 rings (SSSR count). The summed E-state index contributed by atoms with van der Waals surface area (Å²) in [6.07, 6.45) is 2.72. The fourth-order valence-corrected chi connectivity index (χ4v) is 2.68. The molecule has 0 saturated heterocycles. The van der Waals surface area contributed by atoms with Gasteiger partial charge in [0.15, 0.2) is 0 Å². The zero-order valence-corrected chi connectivity index (χ0v) is 12.7. The monoisotopic (exact) mass is 300 g/mol. The summed E-state index contributed by atoms with van der Waals surface area (Å²) < 4.78 is 5.19. The molecule has 1 N–H and O–H groups in total. The zero-order valence-electron chi connectivity index (χ0n) is 11.9. The third-order valence-corrected chi connectivity index (χ3v) is 3.97. The Kier molecular flexibility index (Phi) is 5.06. The van der Waals surface area contributed by atoms with Crippen LogP contribution in [0.2, 0.25) is 0 Å². The highest BCUT2D eigenvalue weighted by Gasteiger charge is 2.05. The molecule has 0 amide bonds. The largest absolute Gasteiger partial charge is 0.497 e. The molecule has 0 bridgehead atoms. The molecule has 0 spiro atoms. The van der Waals surface area contributed by atoms with Gasteiger partial charge in [-0.15, -0.1) is 0 Å². The lowest BCUT2D eigenvalue weighted by Gasteiger charge is -2.08. The lowest BCUT2D eigenvalue weighted by atomic mass is 10.2. The van der Waals surface area contributed by atoms with E-state index in [0.717, 1.165) is 21.4 Å². The van der Waals surface area contributed by atoms with Crippen LogP contribution in [0.3, 0.4) is 0 Å². The van der Waals surface area contributed by atoms with Crippen LogP contribution < -0.4 is 4.74 Å². The van der Waals surface area contributed by atoms with Crippen molar-refractivity contribution in [2.45, 2.75) is 16.7 Å². The fourth-order valence-electron chi connectivity index (χ4n) is 1.77. The van der Waals surface area contributed by atoms with E-state index in [2.05, 4.69) is 24.3 Å². The number of aryl methyl sites for hydroxylation is 1.